The summed E-state index contributed by atoms with van der Waals surface area (Å²) in [6, 6.07) is 6.51. The molecule has 3 rings (SSSR count). The van der Waals surface area contributed by atoms with Gasteiger partial charge in [0.25, 0.3) is 0 Å². The molecule has 0 atom stereocenters. The van der Waals surface area contributed by atoms with Crippen LogP contribution in [0.4, 0.5) is 0 Å². The van der Waals surface area contributed by atoms with Crippen molar-refractivity contribution in [1.82, 2.24) is 4.98 Å². The number of fused-ring (bicyclic) bond motifs is 3. The van der Waals surface area contributed by atoms with Gasteiger partial charge < -0.3 is 14.1 Å². The van der Waals surface area contributed by atoms with Crippen LogP contribution in [-0.2, 0) is 0 Å². The van der Waals surface area contributed by atoms with E-state index in [1.807, 2.05) is 6.92 Å². The van der Waals surface area contributed by atoms with Gasteiger partial charge in [-0.1, -0.05) is 19.8 Å². The van der Waals surface area contributed by atoms with Gasteiger partial charge in [0.1, 0.15) is 11.3 Å². The minimum Gasteiger partial charge on any atom is -0.493 e. The fourth-order valence-electron chi connectivity index (χ4n) is 2.64. The Labute approximate surface area is 132 Å². The number of pyridine rings is 1. The SMILES string of the molecule is CCCCCOc1cc(=O)c2c(c1)oc(=O)c1ccc(C)[nH]c12. The lowest BCUT2D eigenvalue weighted by Gasteiger charge is -2.07. The molecule has 0 amide bonds. The summed E-state index contributed by atoms with van der Waals surface area (Å²) in [5.41, 5.74) is 0.944. The highest BCUT2D eigenvalue weighted by atomic mass is 16.5. The molecule has 3 aromatic rings. The maximum absolute atomic E-state index is 12.5. The molecular weight excluding hydrogens is 294 g/mol. The van der Waals surface area contributed by atoms with Crippen LogP contribution in [0.3, 0.4) is 0 Å². The minimum absolute atomic E-state index is 0.219. The molecule has 0 radical (unpaired) electrons. The van der Waals surface area contributed by atoms with E-state index in [0.29, 0.717) is 28.6 Å². The number of aromatic amines is 1. The maximum atomic E-state index is 12.5. The third-order valence-electron chi connectivity index (χ3n) is 3.82. The zero-order chi connectivity index (χ0) is 16.4. The topological polar surface area (TPSA) is 72.3 Å². The van der Waals surface area contributed by atoms with E-state index in [1.165, 1.54) is 6.07 Å². The summed E-state index contributed by atoms with van der Waals surface area (Å²) < 4.78 is 10.9. The average Bonchev–Trinajstić information content (AvgIpc) is 2.51. The number of hydrogen-bond acceptors (Lipinski definition) is 4. The Bertz CT molecular complexity index is 968. The number of benzene rings is 1. The number of ether oxygens (including phenoxy) is 1. The summed E-state index contributed by atoms with van der Waals surface area (Å²) in [5, 5.41) is 0.751. The standard InChI is InChI=1S/C18H19NO4/c1-3-4-5-8-22-12-9-14(20)16-15(10-12)23-18(21)13-7-6-11(2)19-17(13)16/h6-7,9-10,19H,3-5,8H2,1-2H3. The maximum Gasteiger partial charge on any atom is 0.345 e. The van der Waals surface area contributed by atoms with Crippen LogP contribution in [0.2, 0.25) is 0 Å². The van der Waals surface area contributed by atoms with Crippen molar-refractivity contribution in [3.05, 3.63) is 50.6 Å². The fraction of sp³-hybridized carbons (Fsp3) is 0.333. The van der Waals surface area contributed by atoms with Crippen LogP contribution in [0.5, 0.6) is 5.75 Å². The molecule has 0 aliphatic carbocycles. The number of unbranched alkanes of at least 4 members (excludes halogenated alkanes) is 2. The normalized spacial score (nSPS) is 11.2. The summed E-state index contributed by atoms with van der Waals surface area (Å²) in [6.07, 6.45) is 3.10. The molecule has 0 bridgehead atoms. The smallest absolute Gasteiger partial charge is 0.345 e. The molecule has 23 heavy (non-hydrogen) atoms. The highest BCUT2D eigenvalue weighted by Crippen LogP contribution is 2.22. The number of hydrogen-bond donors (Lipinski definition) is 1. The second-order valence-electron chi connectivity index (χ2n) is 5.67. The van der Waals surface area contributed by atoms with Crippen molar-refractivity contribution in [2.45, 2.75) is 33.1 Å². The first-order valence-corrected chi connectivity index (χ1v) is 7.83. The molecule has 0 saturated heterocycles. The molecule has 120 valence electrons. The Kier molecular flexibility index (Phi) is 4.19. The van der Waals surface area contributed by atoms with E-state index in [4.69, 9.17) is 9.15 Å². The third kappa shape index (κ3) is 2.99. The van der Waals surface area contributed by atoms with Gasteiger partial charge in [0, 0.05) is 17.8 Å². The molecule has 2 heterocycles. The van der Waals surface area contributed by atoms with Crippen LogP contribution >= 0.6 is 0 Å². The summed E-state index contributed by atoms with van der Waals surface area (Å²) >= 11 is 0. The third-order valence-corrected chi connectivity index (χ3v) is 3.82. The van der Waals surface area contributed by atoms with Crippen LogP contribution in [0.1, 0.15) is 31.9 Å². The van der Waals surface area contributed by atoms with Gasteiger partial charge in [-0.15, -0.1) is 0 Å². The van der Waals surface area contributed by atoms with E-state index in [-0.39, 0.29) is 11.0 Å². The second-order valence-corrected chi connectivity index (χ2v) is 5.67. The Morgan fingerprint density at radius 2 is 2.00 bits per heavy atom. The molecule has 1 N–H and O–H groups in total. The van der Waals surface area contributed by atoms with Crippen molar-refractivity contribution in [2.75, 3.05) is 6.61 Å². The zero-order valence-electron chi connectivity index (χ0n) is 13.3. The molecule has 0 fully saturated rings. The van der Waals surface area contributed by atoms with E-state index >= 15 is 0 Å². The Morgan fingerprint density at radius 3 is 2.78 bits per heavy atom. The van der Waals surface area contributed by atoms with Crippen molar-refractivity contribution < 1.29 is 9.15 Å². The van der Waals surface area contributed by atoms with E-state index in [2.05, 4.69) is 11.9 Å². The first kappa shape index (κ1) is 15.3. The first-order chi connectivity index (χ1) is 11.1. The molecule has 1 aromatic carbocycles. The number of aromatic nitrogens is 1. The van der Waals surface area contributed by atoms with Crippen molar-refractivity contribution in [3.8, 4) is 5.75 Å². The first-order valence-electron chi connectivity index (χ1n) is 7.83. The van der Waals surface area contributed by atoms with Gasteiger partial charge in [0.15, 0.2) is 5.43 Å². The number of rotatable bonds is 5. The van der Waals surface area contributed by atoms with Crippen molar-refractivity contribution in [3.63, 3.8) is 0 Å². The fourth-order valence-corrected chi connectivity index (χ4v) is 2.64. The van der Waals surface area contributed by atoms with Crippen LogP contribution < -0.4 is 15.8 Å². The summed E-state index contributed by atoms with van der Waals surface area (Å²) in [5.74, 6) is 0.439. The van der Waals surface area contributed by atoms with Gasteiger partial charge in [-0.2, -0.15) is 0 Å². The predicted molar refractivity (Wildman–Crippen MR) is 90.4 cm³/mol. The summed E-state index contributed by atoms with van der Waals surface area (Å²) in [6.45, 7) is 4.53. The molecule has 0 spiro atoms. The number of nitrogens with one attached hydrogen (secondary N) is 1. The molecule has 5 heteroatoms. The number of aryl methyl sites for hydroxylation is 1. The molecule has 0 saturated carbocycles. The lowest BCUT2D eigenvalue weighted by Crippen LogP contribution is -2.09. The van der Waals surface area contributed by atoms with Crippen molar-refractivity contribution >= 4 is 21.9 Å². The molecule has 0 aliphatic heterocycles. The average molecular weight is 313 g/mol. The van der Waals surface area contributed by atoms with Crippen molar-refractivity contribution in [1.29, 1.82) is 0 Å². The Morgan fingerprint density at radius 1 is 1.17 bits per heavy atom. The molecule has 0 unspecified atom stereocenters. The highest BCUT2D eigenvalue weighted by Gasteiger charge is 2.12. The lowest BCUT2D eigenvalue weighted by molar-refractivity contribution is 0.306. The van der Waals surface area contributed by atoms with Gasteiger partial charge in [0.2, 0.25) is 0 Å². The predicted octanol–water partition coefficient (Wildman–Crippen LogP) is 3.51. The van der Waals surface area contributed by atoms with Gasteiger partial charge in [-0.25, -0.2) is 4.79 Å². The van der Waals surface area contributed by atoms with Gasteiger partial charge >= 0.3 is 5.63 Å². The second kappa shape index (κ2) is 6.28. The molecular formula is C18H19NO4. The minimum atomic E-state index is -0.466. The van der Waals surface area contributed by atoms with Crippen molar-refractivity contribution in [2.24, 2.45) is 0 Å². The van der Waals surface area contributed by atoms with Gasteiger partial charge in [0.05, 0.1) is 22.9 Å². The van der Waals surface area contributed by atoms with Crippen LogP contribution in [-0.4, -0.2) is 11.6 Å². The summed E-state index contributed by atoms with van der Waals surface area (Å²) in [7, 11) is 0. The highest BCUT2D eigenvalue weighted by molar-refractivity contribution is 6.01. The number of H-pyrrole nitrogens is 1. The lowest BCUT2D eigenvalue weighted by atomic mass is 10.1. The van der Waals surface area contributed by atoms with Crippen LogP contribution in [0, 0.1) is 6.92 Å². The van der Waals surface area contributed by atoms with Crippen LogP contribution in [0.25, 0.3) is 21.9 Å². The van der Waals surface area contributed by atoms with Crippen LogP contribution in [0.15, 0.2) is 38.3 Å². The molecule has 5 nitrogen and oxygen atoms in total. The van der Waals surface area contributed by atoms with E-state index < -0.39 is 5.63 Å². The molecule has 2 aromatic heterocycles. The Balaban J connectivity index is 2.13. The monoisotopic (exact) mass is 313 g/mol. The quantitative estimate of drug-likeness (QED) is 0.444. The van der Waals surface area contributed by atoms with Gasteiger partial charge in [-0.05, 0) is 25.5 Å². The van der Waals surface area contributed by atoms with E-state index in [1.54, 1.807) is 18.2 Å². The van der Waals surface area contributed by atoms with E-state index in [0.717, 1.165) is 25.0 Å². The van der Waals surface area contributed by atoms with Gasteiger partial charge in [-0.3, -0.25) is 4.79 Å². The summed E-state index contributed by atoms with van der Waals surface area (Å²) in [4.78, 5) is 27.7. The van der Waals surface area contributed by atoms with E-state index in [9.17, 15) is 9.59 Å². The largest absolute Gasteiger partial charge is 0.493 e. The zero-order valence-corrected chi connectivity index (χ0v) is 13.3. The molecule has 0 aliphatic rings. The Hall–Kier alpha value is -2.56.